The van der Waals surface area contributed by atoms with E-state index in [-0.39, 0.29) is 23.1 Å². The number of nitrogens with zero attached hydrogens (tertiary/aromatic N) is 1. The fourth-order valence-corrected chi connectivity index (χ4v) is 3.71. The lowest BCUT2D eigenvalue weighted by Crippen LogP contribution is -2.44. The number of rotatable bonds is 5. The molecule has 1 aliphatic rings. The molecule has 0 atom stereocenters. The van der Waals surface area contributed by atoms with Crippen molar-refractivity contribution in [2.75, 3.05) is 20.2 Å². The Balaban J connectivity index is 1.38. The molecule has 2 heterocycles. The van der Waals surface area contributed by atoms with Crippen molar-refractivity contribution in [3.63, 3.8) is 0 Å². The molecule has 0 aliphatic carbocycles. The average Bonchev–Trinajstić information content (AvgIpc) is 2.75. The normalized spacial score (nSPS) is 15.3. The third kappa shape index (κ3) is 4.49. The molecule has 1 aromatic heterocycles. The molecule has 3 aromatic rings. The predicted octanol–water partition coefficient (Wildman–Crippen LogP) is 3.20. The highest BCUT2D eigenvalue weighted by Gasteiger charge is 2.22. The minimum atomic E-state index is -0.346. The molecule has 150 valence electrons. The first-order valence-corrected chi connectivity index (χ1v) is 9.81. The fraction of sp³-hybridized carbons (Fsp3) is 0.304. The van der Waals surface area contributed by atoms with Crippen LogP contribution in [0, 0.1) is 0 Å². The number of hydrogen-bond donors (Lipinski definition) is 1. The van der Waals surface area contributed by atoms with Gasteiger partial charge in [0.2, 0.25) is 0 Å². The number of carbonyl (C=O) groups is 1. The number of fused-ring (bicyclic) bond motifs is 1. The number of nitrogens with one attached hydrogen (secondary N) is 1. The number of carbonyl (C=O) groups excluding carboxylic acids is 1. The van der Waals surface area contributed by atoms with E-state index in [1.54, 1.807) is 18.2 Å². The van der Waals surface area contributed by atoms with Crippen LogP contribution in [0.3, 0.4) is 0 Å². The molecule has 1 saturated heterocycles. The zero-order valence-electron chi connectivity index (χ0n) is 16.4. The summed E-state index contributed by atoms with van der Waals surface area (Å²) in [7, 11) is 1.54. The lowest BCUT2D eigenvalue weighted by Gasteiger charge is -2.32. The Morgan fingerprint density at radius 3 is 2.62 bits per heavy atom. The van der Waals surface area contributed by atoms with Crippen LogP contribution in [-0.4, -0.2) is 37.0 Å². The van der Waals surface area contributed by atoms with Crippen LogP contribution >= 0.6 is 0 Å². The van der Waals surface area contributed by atoms with Gasteiger partial charge < -0.3 is 14.5 Å². The third-order valence-electron chi connectivity index (χ3n) is 5.33. The summed E-state index contributed by atoms with van der Waals surface area (Å²) in [6.07, 6.45) is 1.74. The van der Waals surface area contributed by atoms with Crippen molar-refractivity contribution in [1.82, 2.24) is 10.2 Å². The van der Waals surface area contributed by atoms with Gasteiger partial charge in [-0.3, -0.25) is 14.5 Å². The Morgan fingerprint density at radius 1 is 1.14 bits per heavy atom. The van der Waals surface area contributed by atoms with Crippen molar-refractivity contribution in [3.8, 4) is 5.75 Å². The van der Waals surface area contributed by atoms with Gasteiger partial charge in [0.05, 0.1) is 12.5 Å². The van der Waals surface area contributed by atoms with Gasteiger partial charge in [0, 0.05) is 31.7 Å². The van der Waals surface area contributed by atoms with Gasteiger partial charge in [-0.1, -0.05) is 30.3 Å². The van der Waals surface area contributed by atoms with Crippen molar-refractivity contribution in [2.24, 2.45) is 0 Å². The summed E-state index contributed by atoms with van der Waals surface area (Å²) < 4.78 is 10.8. The number of benzene rings is 2. The second kappa shape index (κ2) is 8.49. The Bertz CT molecular complexity index is 1050. The zero-order valence-corrected chi connectivity index (χ0v) is 16.4. The number of likely N-dealkylation sites (tertiary alicyclic amines) is 1. The molecule has 2 aromatic carbocycles. The molecule has 0 saturated carbocycles. The van der Waals surface area contributed by atoms with Crippen molar-refractivity contribution in [1.29, 1.82) is 0 Å². The predicted molar refractivity (Wildman–Crippen MR) is 111 cm³/mol. The van der Waals surface area contributed by atoms with Gasteiger partial charge in [-0.05, 0) is 36.6 Å². The van der Waals surface area contributed by atoms with E-state index in [9.17, 15) is 9.59 Å². The quantitative estimate of drug-likeness (QED) is 0.722. The summed E-state index contributed by atoms with van der Waals surface area (Å²) in [5.41, 5.74) is 1.42. The minimum Gasteiger partial charge on any atom is -0.497 e. The molecule has 1 aliphatic heterocycles. The van der Waals surface area contributed by atoms with Gasteiger partial charge in [-0.2, -0.15) is 0 Å². The van der Waals surface area contributed by atoms with Crippen molar-refractivity contribution >= 4 is 16.9 Å². The van der Waals surface area contributed by atoms with Crippen LogP contribution in [0.5, 0.6) is 5.75 Å². The molecule has 1 amide bonds. The highest BCUT2D eigenvalue weighted by molar-refractivity contribution is 5.93. The van der Waals surface area contributed by atoms with Crippen LogP contribution in [0.4, 0.5) is 0 Å². The fourth-order valence-electron chi connectivity index (χ4n) is 3.71. The van der Waals surface area contributed by atoms with Gasteiger partial charge in [0.15, 0.2) is 11.2 Å². The lowest BCUT2D eigenvalue weighted by molar-refractivity contribution is 0.0881. The highest BCUT2D eigenvalue weighted by Crippen LogP contribution is 2.20. The zero-order chi connectivity index (χ0) is 20.2. The minimum absolute atomic E-state index is 0.0411. The van der Waals surface area contributed by atoms with E-state index in [4.69, 9.17) is 9.15 Å². The van der Waals surface area contributed by atoms with E-state index < -0.39 is 0 Å². The first-order valence-electron chi connectivity index (χ1n) is 9.81. The molecule has 29 heavy (non-hydrogen) atoms. The second-order valence-electron chi connectivity index (χ2n) is 7.35. The summed E-state index contributed by atoms with van der Waals surface area (Å²) in [5.74, 6) is 0.268. The first kappa shape index (κ1) is 19.2. The Kier molecular flexibility index (Phi) is 5.62. The SMILES string of the molecule is COc1ccc2oc(C(=O)NC3CCN(Cc4ccccc4)CC3)cc(=O)c2c1. The Hall–Kier alpha value is -3.12. The number of hydrogen-bond acceptors (Lipinski definition) is 5. The van der Waals surface area contributed by atoms with Crippen LogP contribution in [-0.2, 0) is 6.54 Å². The van der Waals surface area contributed by atoms with Crippen LogP contribution in [0.25, 0.3) is 11.0 Å². The Labute approximate surface area is 169 Å². The maximum atomic E-state index is 12.6. The average molecular weight is 392 g/mol. The van der Waals surface area contributed by atoms with E-state index in [0.29, 0.717) is 16.7 Å². The maximum absolute atomic E-state index is 12.6. The molecule has 6 nitrogen and oxygen atoms in total. The Morgan fingerprint density at radius 2 is 1.90 bits per heavy atom. The summed E-state index contributed by atoms with van der Waals surface area (Å²) in [4.78, 5) is 27.4. The lowest BCUT2D eigenvalue weighted by atomic mass is 10.0. The van der Waals surface area contributed by atoms with E-state index in [0.717, 1.165) is 32.5 Å². The second-order valence-corrected chi connectivity index (χ2v) is 7.35. The molecule has 1 fully saturated rings. The molecule has 0 bridgehead atoms. The van der Waals surface area contributed by atoms with Crippen LogP contribution in [0.1, 0.15) is 29.0 Å². The van der Waals surface area contributed by atoms with E-state index >= 15 is 0 Å². The number of amides is 1. The third-order valence-corrected chi connectivity index (χ3v) is 5.33. The van der Waals surface area contributed by atoms with Gasteiger partial charge in [0.1, 0.15) is 11.3 Å². The molecule has 4 rings (SSSR count). The van der Waals surface area contributed by atoms with Crippen molar-refractivity contribution < 1.29 is 13.9 Å². The van der Waals surface area contributed by atoms with Crippen LogP contribution in [0.2, 0.25) is 0 Å². The molecule has 0 spiro atoms. The molecule has 1 N–H and O–H groups in total. The summed E-state index contributed by atoms with van der Waals surface area (Å²) in [6.45, 7) is 2.76. The summed E-state index contributed by atoms with van der Waals surface area (Å²) >= 11 is 0. The summed E-state index contributed by atoms with van der Waals surface area (Å²) in [5, 5.41) is 3.41. The van der Waals surface area contributed by atoms with Gasteiger partial charge in [-0.25, -0.2) is 0 Å². The van der Waals surface area contributed by atoms with E-state index in [1.165, 1.54) is 18.7 Å². The van der Waals surface area contributed by atoms with Gasteiger partial charge in [0.25, 0.3) is 5.91 Å². The molecular weight excluding hydrogens is 368 g/mol. The van der Waals surface area contributed by atoms with E-state index in [1.807, 2.05) is 6.07 Å². The number of piperidine rings is 1. The van der Waals surface area contributed by atoms with Crippen LogP contribution < -0.4 is 15.5 Å². The maximum Gasteiger partial charge on any atom is 0.287 e. The van der Waals surface area contributed by atoms with Gasteiger partial charge in [-0.15, -0.1) is 0 Å². The number of methoxy groups -OCH3 is 1. The molecule has 0 unspecified atom stereocenters. The topological polar surface area (TPSA) is 71.8 Å². The largest absolute Gasteiger partial charge is 0.497 e. The van der Waals surface area contributed by atoms with E-state index in [2.05, 4.69) is 34.5 Å². The number of ether oxygens (including phenoxy) is 1. The van der Waals surface area contributed by atoms with Crippen LogP contribution in [0.15, 0.2) is 63.8 Å². The smallest absolute Gasteiger partial charge is 0.287 e. The first-order chi connectivity index (χ1) is 14.1. The summed E-state index contributed by atoms with van der Waals surface area (Å²) in [6, 6.07) is 16.7. The monoisotopic (exact) mass is 392 g/mol. The molecular formula is C23H24N2O4. The molecule has 6 heteroatoms. The van der Waals surface area contributed by atoms with Crippen molar-refractivity contribution in [2.45, 2.75) is 25.4 Å². The van der Waals surface area contributed by atoms with Gasteiger partial charge >= 0.3 is 0 Å². The van der Waals surface area contributed by atoms with Crippen molar-refractivity contribution in [3.05, 3.63) is 76.1 Å². The standard InChI is InChI=1S/C23H24N2O4/c1-28-18-7-8-21-19(13-18)20(26)14-22(29-21)23(27)24-17-9-11-25(12-10-17)15-16-5-3-2-4-6-16/h2-8,13-14,17H,9-12,15H2,1H3,(H,24,27). The highest BCUT2D eigenvalue weighted by atomic mass is 16.5. The molecule has 0 radical (unpaired) electrons.